The average Bonchev–Trinajstić information content (AvgIpc) is 1.82. The van der Waals surface area contributed by atoms with Crippen LogP contribution in [0.2, 0.25) is 0 Å². The van der Waals surface area contributed by atoms with Gasteiger partial charge in [0.15, 0.2) is 5.78 Å². The molecule has 1 N–H and O–H groups in total. The molecule has 86 valence electrons. The first kappa shape index (κ1) is 16.6. The minimum atomic E-state index is -1.70. The molecular formula is C9H19Cl2NO2. The van der Waals surface area contributed by atoms with Gasteiger partial charge >= 0.3 is 0 Å². The SMILES string of the molecule is CCCC(=O)C(O)(Cl)C[N+](C)(C)C.[Cl-]. The molecule has 3 nitrogen and oxygen atoms in total. The fourth-order valence-electron chi connectivity index (χ4n) is 1.14. The predicted molar refractivity (Wildman–Crippen MR) is 53.6 cm³/mol. The molecule has 0 aliphatic rings. The Morgan fingerprint density at radius 1 is 1.43 bits per heavy atom. The summed E-state index contributed by atoms with van der Waals surface area (Å²) in [5.41, 5.74) is 0. The summed E-state index contributed by atoms with van der Waals surface area (Å²) in [5, 5.41) is 7.95. The Hall–Kier alpha value is 0.170. The highest BCUT2D eigenvalue weighted by Gasteiger charge is 2.37. The molecule has 1 unspecified atom stereocenters. The Kier molecular flexibility index (Phi) is 7.00. The normalized spacial score (nSPS) is 15.6. The summed E-state index contributed by atoms with van der Waals surface area (Å²) in [5.74, 6) is -0.287. The molecular weight excluding hydrogens is 225 g/mol. The van der Waals surface area contributed by atoms with Gasteiger partial charge in [0, 0.05) is 6.42 Å². The maximum atomic E-state index is 11.4. The standard InChI is InChI=1S/C9H19ClNO2.ClH/c1-5-6-8(12)9(10,13)7-11(2,3)4;/h13H,5-7H2,1-4H3;1H/q+1;/p-1. The number of hydrogen-bond donors (Lipinski definition) is 1. The zero-order valence-electron chi connectivity index (χ0n) is 9.18. The first-order valence-corrected chi connectivity index (χ1v) is 4.82. The van der Waals surface area contributed by atoms with E-state index in [0.29, 0.717) is 17.3 Å². The molecule has 0 saturated carbocycles. The number of ketones is 1. The van der Waals surface area contributed by atoms with E-state index in [1.807, 2.05) is 28.1 Å². The van der Waals surface area contributed by atoms with E-state index in [2.05, 4.69) is 0 Å². The van der Waals surface area contributed by atoms with Crippen LogP contribution < -0.4 is 12.4 Å². The third-order valence-electron chi connectivity index (χ3n) is 1.59. The number of aliphatic hydroxyl groups is 1. The van der Waals surface area contributed by atoms with E-state index >= 15 is 0 Å². The van der Waals surface area contributed by atoms with Crippen molar-refractivity contribution in [1.29, 1.82) is 0 Å². The van der Waals surface area contributed by atoms with Crippen LogP contribution in [0.5, 0.6) is 0 Å². The Balaban J connectivity index is 0. The van der Waals surface area contributed by atoms with Gasteiger partial charge in [0.1, 0.15) is 6.54 Å². The van der Waals surface area contributed by atoms with Gasteiger partial charge in [0.25, 0.3) is 0 Å². The van der Waals surface area contributed by atoms with Crippen LogP contribution in [0.25, 0.3) is 0 Å². The Morgan fingerprint density at radius 3 is 2.14 bits per heavy atom. The molecule has 0 fully saturated rings. The summed E-state index contributed by atoms with van der Waals surface area (Å²) >= 11 is 5.74. The number of carbonyl (C=O) groups excluding carboxylic acids is 1. The third kappa shape index (κ3) is 6.60. The third-order valence-corrected chi connectivity index (χ3v) is 1.92. The van der Waals surface area contributed by atoms with Crippen molar-refractivity contribution in [3.63, 3.8) is 0 Å². The summed E-state index contributed by atoms with van der Waals surface area (Å²) in [6.45, 7) is 2.12. The summed E-state index contributed by atoms with van der Waals surface area (Å²) in [6.07, 6.45) is 1.05. The fourth-order valence-corrected chi connectivity index (χ4v) is 1.59. The van der Waals surface area contributed by atoms with Gasteiger partial charge in [-0.15, -0.1) is 0 Å². The van der Waals surface area contributed by atoms with Crippen molar-refractivity contribution in [2.75, 3.05) is 27.7 Å². The highest BCUT2D eigenvalue weighted by molar-refractivity contribution is 6.33. The molecule has 0 aliphatic heterocycles. The molecule has 0 aromatic heterocycles. The molecule has 0 aromatic carbocycles. The van der Waals surface area contributed by atoms with E-state index in [-0.39, 0.29) is 24.7 Å². The lowest BCUT2D eigenvalue weighted by Crippen LogP contribution is -3.00. The molecule has 5 heteroatoms. The molecule has 0 amide bonds. The van der Waals surface area contributed by atoms with Gasteiger partial charge in [-0.3, -0.25) is 4.79 Å². The number of halogens is 2. The van der Waals surface area contributed by atoms with Crippen molar-refractivity contribution < 1.29 is 26.8 Å². The fraction of sp³-hybridized carbons (Fsp3) is 0.889. The number of carbonyl (C=O) groups is 1. The summed E-state index contributed by atoms with van der Waals surface area (Å²) in [4.78, 5) is 11.4. The van der Waals surface area contributed by atoms with Crippen molar-refractivity contribution in [1.82, 2.24) is 0 Å². The first-order chi connectivity index (χ1) is 5.69. The van der Waals surface area contributed by atoms with Gasteiger partial charge in [0.05, 0.1) is 21.1 Å². The number of Topliss-reactive ketones (excluding diaryl/α,β-unsaturated/α-hetero) is 1. The molecule has 0 heterocycles. The van der Waals surface area contributed by atoms with Crippen molar-refractivity contribution >= 4 is 17.4 Å². The number of hydrogen-bond acceptors (Lipinski definition) is 2. The zero-order chi connectivity index (χ0) is 10.7. The lowest BCUT2D eigenvalue weighted by molar-refractivity contribution is -0.873. The highest BCUT2D eigenvalue weighted by Crippen LogP contribution is 2.18. The topological polar surface area (TPSA) is 37.3 Å². The van der Waals surface area contributed by atoms with Crippen LogP contribution in [0, 0.1) is 0 Å². The molecule has 1 atom stereocenters. The van der Waals surface area contributed by atoms with Gasteiger partial charge < -0.3 is 22.0 Å². The number of nitrogens with zero attached hydrogens (tertiary/aromatic N) is 1. The van der Waals surface area contributed by atoms with Crippen molar-refractivity contribution in [3.05, 3.63) is 0 Å². The molecule has 0 saturated heterocycles. The van der Waals surface area contributed by atoms with Crippen LogP contribution >= 0.6 is 11.6 Å². The van der Waals surface area contributed by atoms with Crippen molar-refractivity contribution in [2.45, 2.75) is 24.8 Å². The number of quaternary nitrogens is 1. The second-order valence-electron chi connectivity index (χ2n) is 4.38. The monoisotopic (exact) mass is 243 g/mol. The highest BCUT2D eigenvalue weighted by atomic mass is 35.5. The van der Waals surface area contributed by atoms with E-state index in [9.17, 15) is 9.90 Å². The maximum Gasteiger partial charge on any atom is 0.247 e. The van der Waals surface area contributed by atoms with Crippen LogP contribution in [0.4, 0.5) is 0 Å². The lowest BCUT2D eigenvalue weighted by atomic mass is 10.1. The Morgan fingerprint density at radius 2 is 1.86 bits per heavy atom. The van der Waals surface area contributed by atoms with Gasteiger partial charge in [-0.1, -0.05) is 18.5 Å². The molecule has 0 radical (unpaired) electrons. The smallest absolute Gasteiger partial charge is 0.247 e. The van der Waals surface area contributed by atoms with Crippen LogP contribution in [-0.4, -0.2) is 48.1 Å². The van der Waals surface area contributed by atoms with Gasteiger partial charge in [-0.05, 0) is 6.42 Å². The molecule has 0 aromatic rings. The summed E-state index contributed by atoms with van der Waals surface area (Å²) < 4.78 is 0.468. The molecule has 0 bridgehead atoms. The molecule has 0 spiro atoms. The van der Waals surface area contributed by atoms with E-state index < -0.39 is 5.06 Å². The van der Waals surface area contributed by atoms with Crippen LogP contribution in [0.1, 0.15) is 19.8 Å². The zero-order valence-corrected chi connectivity index (χ0v) is 10.7. The minimum Gasteiger partial charge on any atom is -1.00 e. The van der Waals surface area contributed by atoms with Gasteiger partial charge in [0.2, 0.25) is 5.06 Å². The van der Waals surface area contributed by atoms with Gasteiger partial charge in [-0.2, -0.15) is 0 Å². The van der Waals surface area contributed by atoms with E-state index in [1.165, 1.54) is 0 Å². The lowest BCUT2D eigenvalue weighted by Gasteiger charge is -2.30. The van der Waals surface area contributed by atoms with Crippen molar-refractivity contribution in [3.8, 4) is 0 Å². The van der Waals surface area contributed by atoms with Crippen LogP contribution in [0.3, 0.4) is 0 Å². The summed E-state index contributed by atoms with van der Waals surface area (Å²) in [6, 6.07) is 0. The maximum absolute atomic E-state index is 11.4. The molecule has 0 rings (SSSR count). The Labute approximate surface area is 97.0 Å². The van der Waals surface area contributed by atoms with Gasteiger partial charge in [-0.25, -0.2) is 0 Å². The quantitative estimate of drug-likeness (QED) is 0.448. The second-order valence-corrected chi connectivity index (χ2v) is 5.01. The number of rotatable bonds is 5. The number of likely N-dealkylation sites (N-methyl/N-ethyl adjacent to an activating group) is 1. The van der Waals surface area contributed by atoms with E-state index in [1.54, 1.807) is 0 Å². The molecule has 0 aliphatic carbocycles. The Bertz CT molecular complexity index is 188. The van der Waals surface area contributed by atoms with Crippen LogP contribution in [0.15, 0.2) is 0 Å². The number of alkyl halides is 1. The first-order valence-electron chi connectivity index (χ1n) is 4.44. The predicted octanol–water partition coefficient (Wildman–Crippen LogP) is -2.01. The minimum absolute atomic E-state index is 0. The second kappa shape index (κ2) is 5.91. The largest absolute Gasteiger partial charge is 1.00 e. The molecule has 14 heavy (non-hydrogen) atoms. The van der Waals surface area contributed by atoms with E-state index in [4.69, 9.17) is 11.6 Å². The summed E-state index contributed by atoms with van der Waals surface area (Å²) in [7, 11) is 5.64. The average molecular weight is 244 g/mol. The van der Waals surface area contributed by atoms with E-state index in [0.717, 1.165) is 0 Å². The van der Waals surface area contributed by atoms with Crippen molar-refractivity contribution in [2.24, 2.45) is 0 Å². The van der Waals surface area contributed by atoms with Crippen LogP contribution in [-0.2, 0) is 4.79 Å².